The summed E-state index contributed by atoms with van der Waals surface area (Å²) in [6.07, 6.45) is 2.29. The molecule has 0 amide bonds. The average Bonchev–Trinajstić information content (AvgIpc) is 2.52. The minimum atomic E-state index is -0.724. The summed E-state index contributed by atoms with van der Waals surface area (Å²) in [6, 6.07) is 0.182. The number of carboxylic acid groups (broad SMARTS) is 1. The van der Waals surface area contributed by atoms with Crippen LogP contribution in [0.15, 0.2) is 0 Å². The largest absolute Gasteiger partial charge is 0.481 e. The minimum absolute atomic E-state index is 0.177. The van der Waals surface area contributed by atoms with Gasteiger partial charge in [-0.05, 0) is 25.3 Å². The van der Waals surface area contributed by atoms with Crippen LogP contribution in [0, 0.1) is 5.92 Å². The van der Waals surface area contributed by atoms with Gasteiger partial charge in [0.1, 0.15) is 0 Å². The van der Waals surface area contributed by atoms with Crippen LogP contribution in [0.5, 0.6) is 0 Å². The van der Waals surface area contributed by atoms with Crippen molar-refractivity contribution < 1.29 is 15.0 Å². The molecule has 4 heteroatoms. The normalized spacial score (nSPS) is 25.1. The fourth-order valence-corrected chi connectivity index (χ4v) is 2.03. The molecule has 0 radical (unpaired) electrons. The van der Waals surface area contributed by atoms with Crippen molar-refractivity contribution in [2.45, 2.75) is 32.2 Å². The van der Waals surface area contributed by atoms with Gasteiger partial charge in [0.05, 0.1) is 6.42 Å². The van der Waals surface area contributed by atoms with Crippen molar-refractivity contribution in [3.05, 3.63) is 0 Å². The van der Waals surface area contributed by atoms with Gasteiger partial charge in [-0.1, -0.05) is 6.92 Å². The lowest BCUT2D eigenvalue weighted by molar-refractivity contribution is -0.138. The highest BCUT2D eigenvalue weighted by atomic mass is 16.4. The van der Waals surface area contributed by atoms with Gasteiger partial charge >= 0.3 is 5.97 Å². The molecule has 0 saturated carbocycles. The molecule has 1 aliphatic heterocycles. The van der Waals surface area contributed by atoms with Gasteiger partial charge in [-0.25, -0.2) is 0 Å². The molecule has 1 heterocycles. The summed E-state index contributed by atoms with van der Waals surface area (Å²) in [5, 5.41) is 17.6. The monoisotopic (exact) mass is 201 g/mol. The number of rotatable bonds is 5. The highest BCUT2D eigenvalue weighted by Gasteiger charge is 2.27. The van der Waals surface area contributed by atoms with Crippen LogP contribution in [0.1, 0.15) is 26.2 Å². The predicted molar refractivity (Wildman–Crippen MR) is 53.1 cm³/mol. The summed E-state index contributed by atoms with van der Waals surface area (Å²) in [5.41, 5.74) is 0. The highest BCUT2D eigenvalue weighted by Crippen LogP contribution is 2.21. The summed E-state index contributed by atoms with van der Waals surface area (Å²) < 4.78 is 0. The lowest BCUT2D eigenvalue weighted by Gasteiger charge is -2.25. The van der Waals surface area contributed by atoms with Crippen molar-refractivity contribution >= 4 is 5.97 Å². The Balaban J connectivity index is 2.38. The minimum Gasteiger partial charge on any atom is -0.481 e. The Morgan fingerprint density at radius 1 is 1.64 bits per heavy atom. The molecular formula is C10H19NO3. The van der Waals surface area contributed by atoms with Gasteiger partial charge in [-0.15, -0.1) is 0 Å². The number of likely N-dealkylation sites (tertiary alicyclic amines) is 1. The van der Waals surface area contributed by atoms with Crippen LogP contribution in [-0.4, -0.2) is 46.8 Å². The summed E-state index contributed by atoms with van der Waals surface area (Å²) >= 11 is 0. The number of carboxylic acids is 1. The zero-order valence-electron chi connectivity index (χ0n) is 8.65. The summed E-state index contributed by atoms with van der Waals surface area (Å²) in [7, 11) is 0. The van der Waals surface area contributed by atoms with Crippen molar-refractivity contribution in [2.24, 2.45) is 5.92 Å². The number of carbonyl (C=O) groups is 1. The molecule has 0 aliphatic carbocycles. The van der Waals surface area contributed by atoms with E-state index in [1.807, 2.05) is 6.92 Å². The van der Waals surface area contributed by atoms with E-state index < -0.39 is 5.97 Å². The third kappa shape index (κ3) is 3.27. The van der Waals surface area contributed by atoms with Crippen LogP contribution in [0.4, 0.5) is 0 Å². The standard InChI is InChI=1S/C10H19NO3/c1-8(7-12)6-11-4-2-3-9(11)5-10(13)14/h8-9,12H,2-7H2,1H3,(H,13,14). The Kier molecular flexibility index (Phi) is 4.35. The molecule has 14 heavy (non-hydrogen) atoms. The smallest absolute Gasteiger partial charge is 0.304 e. The Hall–Kier alpha value is -0.610. The van der Waals surface area contributed by atoms with Gasteiger partial charge in [0, 0.05) is 19.2 Å². The van der Waals surface area contributed by atoms with E-state index in [4.69, 9.17) is 10.2 Å². The van der Waals surface area contributed by atoms with Crippen LogP contribution in [0.25, 0.3) is 0 Å². The zero-order valence-corrected chi connectivity index (χ0v) is 8.65. The van der Waals surface area contributed by atoms with E-state index in [0.717, 1.165) is 25.9 Å². The quantitative estimate of drug-likeness (QED) is 0.682. The van der Waals surface area contributed by atoms with Crippen molar-refractivity contribution in [1.82, 2.24) is 4.90 Å². The van der Waals surface area contributed by atoms with Crippen LogP contribution in [0.3, 0.4) is 0 Å². The maximum atomic E-state index is 10.6. The molecular weight excluding hydrogens is 182 g/mol. The Morgan fingerprint density at radius 2 is 2.36 bits per heavy atom. The number of aliphatic hydroxyl groups excluding tert-OH is 1. The Morgan fingerprint density at radius 3 is 2.93 bits per heavy atom. The molecule has 82 valence electrons. The molecule has 0 aromatic heterocycles. The molecule has 1 aliphatic rings. The molecule has 0 aromatic rings. The van der Waals surface area contributed by atoms with Gasteiger partial charge in [-0.2, -0.15) is 0 Å². The van der Waals surface area contributed by atoms with E-state index in [9.17, 15) is 4.79 Å². The Bertz CT molecular complexity index is 196. The third-order valence-corrected chi connectivity index (χ3v) is 2.77. The zero-order chi connectivity index (χ0) is 10.6. The van der Waals surface area contributed by atoms with Gasteiger partial charge in [-0.3, -0.25) is 9.69 Å². The molecule has 0 spiro atoms. The molecule has 0 bridgehead atoms. The van der Waals surface area contributed by atoms with Gasteiger partial charge < -0.3 is 10.2 Å². The van der Waals surface area contributed by atoms with Crippen LogP contribution in [0.2, 0.25) is 0 Å². The first kappa shape index (κ1) is 11.5. The van der Waals surface area contributed by atoms with E-state index >= 15 is 0 Å². The van der Waals surface area contributed by atoms with E-state index in [1.165, 1.54) is 0 Å². The number of nitrogens with zero attached hydrogens (tertiary/aromatic N) is 1. The molecule has 0 aromatic carbocycles. The second kappa shape index (κ2) is 5.32. The van der Waals surface area contributed by atoms with E-state index in [-0.39, 0.29) is 25.0 Å². The maximum Gasteiger partial charge on any atom is 0.304 e. The van der Waals surface area contributed by atoms with Gasteiger partial charge in [0.25, 0.3) is 0 Å². The molecule has 4 nitrogen and oxygen atoms in total. The topological polar surface area (TPSA) is 60.8 Å². The van der Waals surface area contributed by atoms with Crippen molar-refractivity contribution in [2.75, 3.05) is 19.7 Å². The molecule has 1 rings (SSSR count). The summed E-state index contributed by atoms with van der Waals surface area (Å²) in [4.78, 5) is 12.8. The first-order chi connectivity index (χ1) is 6.63. The van der Waals surface area contributed by atoms with E-state index in [1.54, 1.807) is 0 Å². The first-order valence-corrected chi connectivity index (χ1v) is 5.20. The molecule has 2 N–H and O–H groups in total. The van der Waals surface area contributed by atoms with E-state index in [0.29, 0.717) is 0 Å². The van der Waals surface area contributed by atoms with Crippen molar-refractivity contribution in [1.29, 1.82) is 0 Å². The number of hydrogen-bond acceptors (Lipinski definition) is 3. The fraction of sp³-hybridized carbons (Fsp3) is 0.900. The third-order valence-electron chi connectivity index (χ3n) is 2.77. The SMILES string of the molecule is CC(CO)CN1CCCC1CC(=O)O. The number of aliphatic hydroxyl groups is 1. The van der Waals surface area contributed by atoms with Crippen molar-refractivity contribution in [3.8, 4) is 0 Å². The fourth-order valence-electron chi connectivity index (χ4n) is 2.03. The van der Waals surface area contributed by atoms with Crippen LogP contribution >= 0.6 is 0 Å². The van der Waals surface area contributed by atoms with Crippen molar-refractivity contribution in [3.63, 3.8) is 0 Å². The predicted octanol–water partition coefficient (Wildman–Crippen LogP) is 0.554. The molecule has 1 saturated heterocycles. The summed E-state index contributed by atoms with van der Waals surface area (Å²) in [6.45, 7) is 3.95. The average molecular weight is 201 g/mol. The number of hydrogen-bond donors (Lipinski definition) is 2. The lowest BCUT2D eigenvalue weighted by Crippen LogP contribution is -2.35. The lowest BCUT2D eigenvalue weighted by atomic mass is 10.1. The van der Waals surface area contributed by atoms with Gasteiger partial charge in [0.2, 0.25) is 0 Å². The second-order valence-corrected chi connectivity index (χ2v) is 4.18. The molecule has 2 unspecified atom stereocenters. The maximum absolute atomic E-state index is 10.6. The molecule has 1 fully saturated rings. The second-order valence-electron chi connectivity index (χ2n) is 4.18. The Labute approximate surface area is 84.5 Å². The van der Waals surface area contributed by atoms with E-state index in [2.05, 4.69) is 4.90 Å². The molecule has 2 atom stereocenters. The highest BCUT2D eigenvalue weighted by molar-refractivity contribution is 5.67. The van der Waals surface area contributed by atoms with Crippen LogP contribution in [-0.2, 0) is 4.79 Å². The first-order valence-electron chi connectivity index (χ1n) is 5.20. The summed E-state index contributed by atoms with van der Waals surface area (Å²) in [5.74, 6) is -0.483. The van der Waals surface area contributed by atoms with Gasteiger partial charge in [0.15, 0.2) is 0 Å². The number of aliphatic carboxylic acids is 1. The van der Waals surface area contributed by atoms with Crippen LogP contribution < -0.4 is 0 Å².